The fourth-order valence-electron chi connectivity index (χ4n) is 3.96. The first kappa shape index (κ1) is 24.7. The predicted octanol–water partition coefficient (Wildman–Crippen LogP) is 4.95. The van der Waals surface area contributed by atoms with Crippen LogP contribution in [-0.4, -0.2) is 36.6 Å². The molecule has 0 unspecified atom stereocenters. The lowest BCUT2D eigenvalue weighted by Crippen LogP contribution is -2.23. The minimum atomic E-state index is -0.0903. The van der Waals surface area contributed by atoms with E-state index in [0.29, 0.717) is 40.5 Å². The van der Waals surface area contributed by atoms with Crippen LogP contribution in [0.4, 0.5) is 5.69 Å². The van der Waals surface area contributed by atoms with Gasteiger partial charge in [0.15, 0.2) is 10.9 Å². The molecule has 2 aromatic heterocycles. The lowest BCUT2D eigenvalue weighted by Gasteiger charge is -2.10. The van der Waals surface area contributed by atoms with E-state index in [1.807, 2.05) is 29.5 Å². The molecule has 182 valence electrons. The molecule has 0 saturated heterocycles. The SMILES string of the molecule is CCCCCC(=O)Nc1ccc(C(=O)CSc2nnc3n(CCC)c(=O)c4ccccc4n23)cc1. The summed E-state index contributed by atoms with van der Waals surface area (Å²) < 4.78 is 3.48. The molecule has 0 atom stereocenters. The van der Waals surface area contributed by atoms with Crippen LogP contribution in [0.1, 0.15) is 56.3 Å². The Hall–Kier alpha value is -3.46. The van der Waals surface area contributed by atoms with Crippen molar-refractivity contribution in [3.05, 3.63) is 64.4 Å². The van der Waals surface area contributed by atoms with Crippen molar-refractivity contribution in [2.24, 2.45) is 0 Å². The predicted molar refractivity (Wildman–Crippen MR) is 139 cm³/mol. The van der Waals surface area contributed by atoms with E-state index in [4.69, 9.17) is 0 Å². The van der Waals surface area contributed by atoms with Crippen LogP contribution in [0.15, 0.2) is 58.5 Å². The highest BCUT2D eigenvalue weighted by Crippen LogP contribution is 2.23. The fourth-order valence-corrected chi connectivity index (χ4v) is 4.80. The highest BCUT2D eigenvalue weighted by molar-refractivity contribution is 7.99. The molecule has 1 N–H and O–H groups in total. The molecular formula is C26H29N5O3S. The van der Waals surface area contributed by atoms with Crippen molar-refractivity contribution in [3.8, 4) is 0 Å². The van der Waals surface area contributed by atoms with E-state index < -0.39 is 0 Å². The molecule has 2 heterocycles. The number of hydrogen-bond acceptors (Lipinski definition) is 6. The lowest BCUT2D eigenvalue weighted by molar-refractivity contribution is -0.116. The second-order valence-corrected chi connectivity index (χ2v) is 9.33. The highest BCUT2D eigenvalue weighted by atomic mass is 32.2. The number of ketones is 1. The van der Waals surface area contributed by atoms with Crippen molar-refractivity contribution >= 4 is 45.8 Å². The number of fused-ring (bicyclic) bond motifs is 3. The van der Waals surface area contributed by atoms with Crippen molar-refractivity contribution in [2.75, 3.05) is 11.1 Å². The van der Waals surface area contributed by atoms with Crippen LogP contribution in [0.25, 0.3) is 16.7 Å². The van der Waals surface area contributed by atoms with Crippen molar-refractivity contribution < 1.29 is 9.59 Å². The summed E-state index contributed by atoms with van der Waals surface area (Å²) in [7, 11) is 0. The summed E-state index contributed by atoms with van der Waals surface area (Å²) in [6.07, 6.45) is 4.26. The van der Waals surface area contributed by atoms with Gasteiger partial charge in [0.1, 0.15) is 0 Å². The van der Waals surface area contributed by atoms with Crippen LogP contribution in [-0.2, 0) is 11.3 Å². The molecule has 0 radical (unpaired) electrons. The number of nitrogens with one attached hydrogen (secondary N) is 1. The van der Waals surface area contributed by atoms with Crippen LogP contribution in [0.5, 0.6) is 0 Å². The highest BCUT2D eigenvalue weighted by Gasteiger charge is 2.17. The number of aromatic nitrogens is 4. The van der Waals surface area contributed by atoms with E-state index in [-0.39, 0.29) is 23.0 Å². The molecule has 0 saturated carbocycles. The second kappa shape index (κ2) is 11.3. The molecule has 8 nitrogen and oxygen atoms in total. The number of nitrogens with zero attached hydrogens (tertiary/aromatic N) is 4. The Bertz CT molecular complexity index is 1410. The monoisotopic (exact) mass is 491 g/mol. The molecule has 1 amide bonds. The first-order chi connectivity index (χ1) is 17.0. The van der Waals surface area contributed by atoms with E-state index >= 15 is 0 Å². The van der Waals surface area contributed by atoms with Gasteiger partial charge in [-0.25, -0.2) is 0 Å². The van der Waals surface area contributed by atoms with Crippen molar-refractivity contribution in [1.29, 1.82) is 0 Å². The Morgan fingerprint density at radius 3 is 2.49 bits per heavy atom. The Labute approximate surface area is 207 Å². The molecule has 2 aromatic carbocycles. The smallest absolute Gasteiger partial charge is 0.262 e. The van der Waals surface area contributed by atoms with Gasteiger partial charge in [0, 0.05) is 24.2 Å². The van der Waals surface area contributed by atoms with Gasteiger partial charge in [-0.3, -0.25) is 23.4 Å². The van der Waals surface area contributed by atoms with Crippen molar-refractivity contribution in [2.45, 2.75) is 57.7 Å². The Morgan fingerprint density at radius 1 is 0.971 bits per heavy atom. The summed E-state index contributed by atoms with van der Waals surface area (Å²) in [6, 6.07) is 14.3. The zero-order chi connectivity index (χ0) is 24.8. The number of unbranched alkanes of at least 4 members (excludes halogenated alkanes) is 2. The van der Waals surface area contributed by atoms with Gasteiger partial charge in [0.05, 0.1) is 16.7 Å². The quantitative estimate of drug-likeness (QED) is 0.181. The number of benzene rings is 2. The topological polar surface area (TPSA) is 98.4 Å². The third-order valence-corrected chi connectivity index (χ3v) is 6.68. The normalized spacial score (nSPS) is 11.3. The summed E-state index contributed by atoms with van der Waals surface area (Å²) in [4.78, 5) is 37.8. The van der Waals surface area contributed by atoms with E-state index in [2.05, 4.69) is 22.4 Å². The maximum absolute atomic E-state index is 12.9. The molecule has 4 rings (SSSR count). The number of amides is 1. The van der Waals surface area contributed by atoms with Gasteiger partial charge in [-0.05, 0) is 49.2 Å². The molecule has 4 aromatic rings. The molecule has 0 spiro atoms. The second-order valence-electron chi connectivity index (χ2n) is 8.39. The van der Waals surface area contributed by atoms with Crippen LogP contribution < -0.4 is 10.9 Å². The molecule has 35 heavy (non-hydrogen) atoms. The first-order valence-corrected chi connectivity index (χ1v) is 12.9. The number of rotatable bonds is 11. The van der Waals surface area contributed by atoms with Gasteiger partial charge in [-0.1, -0.05) is 50.6 Å². The minimum absolute atomic E-state index is 0.0134. The fraction of sp³-hybridized carbons (Fsp3) is 0.346. The van der Waals surface area contributed by atoms with Crippen LogP contribution >= 0.6 is 11.8 Å². The van der Waals surface area contributed by atoms with Gasteiger partial charge in [-0.2, -0.15) is 0 Å². The average molecular weight is 492 g/mol. The summed E-state index contributed by atoms with van der Waals surface area (Å²) >= 11 is 1.29. The Balaban J connectivity index is 1.49. The number of carbonyl (C=O) groups excluding carboxylic acids is 2. The van der Waals surface area contributed by atoms with Gasteiger partial charge >= 0.3 is 0 Å². The first-order valence-electron chi connectivity index (χ1n) is 12.0. The minimum Gasteiger partial charge on any atom is -0.326 e. The maximum atomic E-state index is 12.9. The molecular weight excluding hydrogens is 462 g/mol. The Morgan fingerprint density at radius 2 is 1.74 bits per heavy atom. The molecule has 0 aliphatic heterocycles. The third-order valence-electron chi connectivity index (χ3n) is 5.76. The van der Waals surface area contributed by atoms with Gasteiger partial charge in [0.2, 0.25) is 11.7 Å². The van der Waals surface area contributed by atoms with Crippen molar-refractivity contribution in [1.82, 2.24) is 19.2 Å². The van der Waals surface area contributed by atoms with E-state index in [9.17, 15) is 14.4 Å². The molecule has 0 aliphatic rings. The van der Waals surface area contributed by atoms with E-state index in [1.165, 1.54) is 11.8 Å². The third kappa shape index (κ3) is 5.45. The van der Waals surface area contributed by atoms with Gasteiger partial charge < -0.3 is 5.32 Å². The van der Waals surface area contributed by atoms with Crippen LogP contribution in [0.2, 0.25) is 0 Å². The number of thioether (sulfide) groups is 1. The largest absolute Gasteiger partial charge is 0.326 e. The summed E-state index contributed by atoms with van der Waals surface area (Å²) in [5.41, 5.74) is 1.87. The standard InChI is InChI=1S/C26H29N5O3S/c1-3-5-6-11-23(33)27-19-14-12-18(13-15-19)22(32)17-35-26-29-28-25-30(16-4-2)24(34)20-9-7-8-10-21(20)31(25)26/h7-10,12-15H,3-6,11,16-17H2,1-2H3,(H,27,33). The zero-order valence-corrected chi connectivity index (χ0v) is 20.8. The summed E-state index contributed by atoms with van der Waals surface area (Å²) in [6.45, 7) is 4.65. The van der Waals surface area contributed by atoms with Crippen LogP contribution in [0.3, 0.4) is 0 Å². The summed E-state index contributed by atoms with van der Waals surface area (Å²) in [5.74, 6) is 0.578. The number of Topliss-reactive ketones (excluding diaryl/α,β-unsaturated/α-hetero) is 1. The number of aryl methyl sites for hydroxylation is 1. The van der Waals surface area contributed by atoms with Gasteiger partial charge in [-0.15, -0.1) is 10.2 Å². The average Bonchev–Trinajstić information content (AvgIpc) is 3.29. The lowest BCUT2D eigenvalue weighted by atomic mass is 10.1. The molecule has 0 aliphatic carbocycles. The number of carbonyl (C=O) groups is 2. The molecule has 0 fully saturated rings. The van der Waals surface area contributed by atoms with Gasteiger partial charge in [0.25, 0.3) is 5.56 Å². The number of anilines is 1. The number of para-hydroxylation sites is 1. The van der Waals surface area contributed by atoms with Crippen molar-refractivity contribution in [3.63, 3.8) is 0 Å². The summed E-state index contributed by atoms with van der Waals surface area (Å²) in [5, 5.41) is 12.6. The number of hydrogen-bond donors (Lipinski definition) is 1. The molecule has 9 heteroatoms. The van der Waals surface area contributed by atoms with E-state index in [1.54, 1.807) is 34.9 Å². The Kier molecular flexibility index (Phi) is 7.97. The molecule has 0 bridgehead atoms. The zero-order valence-electron chi connectivity index (χ0n) is 20.0. The van der Waals surface area contributed by atoms with E-state index in [0.717, 1.165) is 31.2 Å². The van der Waals surface area contributed by atoms with Crippen LogP contribution in [0, 0.1) is 0 Å². The maximum Gasteiger partial charge on any atom is 0.262 e.